The molecule has 9 heteroatoms. The molecular formula is C22H25F2N3O4. The molecule has 0 aliphatic heterocycles. The first-order valence-electron chi connectivity index (χ1n) is 9.64. The number of methoxy groups -OCH3 is 1. The fraction of sp³-hybridized carbons (Fsp3) is 0.318. The van der Waals surface area contributed by atoms with Gasteiger partial charge in [-0.25, -0.2) is 8.78 Å². The number of ether oxygens (including phenoxy) is 1. The van der Waals surface area contributed by atoms with Crippen LogP contribution in [-0.2, 0) is 9.59 Å². The normalized spacial score (nSPS) is 10.5. The second-order valence-corrected chi connectivity index (χ2v) is 7.26. The van der Waals surface area contributed by atoms with Gasteiger partial charge in [-0.2, -0.15) is 0 Å². The summed E-state index contributed by atoms with van der Waals surface area (Å²) in [5.41, 5.74) is 0.204. The Morgan fingerprint density at radius 3 is 2.29 bits per heavy atom. The van der Waals surface area contributed by atoms with Gasteiger partial charge < -0.3 is 20.3 Å². The van der Waals surface area contributed by atoms with Crippen LogP contribution in [0.2, 0.25) is 0 Å². The Labute approximate surface area is 179 Å². The van der Waals surface area contributed by atoms with Crippen molar-refractivity contribution in [1.82, 2.24) is 10.2 Å². The summed E-state index contributed by atoms with van der Waals surface area (Å²) in [7, 11) is 1.53. The van der Waals surface area contributed by atoms with Crippen molar-refractivity contribution in [3.8, 4) is 5.75 Å². The number of carbonyl (C=O) groups excluding carboxylic acids is 3. The highest BCUT2D eigenvalue weighted by atomic mass is 19.1. The van der Waals surface area contributed by atoms with Crippen LogP contribution in [0, 0.1) is 17.6 Å². The zero-order chi connectivity index (χ0) is 23.0. The van der Waals surface area contributed by atoms with Crippen LogP contribution in [0.5, 0.6) is 5.75 Å². The van der Waals surface area contributed by atoms with E-state index in [0.717, 1.165) is 17.0 Å². The van der Waals surface area contributed by atoms with Gasteiger partial charge in [0.05, 0.1) is 25.8 Å². The molecule has 0 aliphatic rings. The Hall–Kier alpha value is -3.49. The highest BCUT2D eigenvalue weighted by Crippen LogP contribution is 2.15. The van der Waals surface area contributed by atoms with E-state index in [1.165, 1.54) is 7.11 Å². The molecule has 0 spiro atoms. The van der Waals surface area contributed by atoms with E-state index in [-0.39, 0.29) is 31.1 Å². The smallest absolute Gasteiger partial charge is 0.257 e. The second kappa shape index (κ2) is 11.1. The molecule has 0 bridgehead atoms. The molecule has 2 N–H and O–H groups in total. The fourth-order valence-corrected chi connectivity index (χ4v) is 2.78. The van der Waals surface area contributed by atoms with E-state index in [1.807, 2.05) is 13.8 Å². The van der Waals surface area contributed by atoms with E-state index in [0.29, 0.717) is 17.5 Å². The van der Waals surface area contributed by atoms with Crippen molar-refractivity contribution in [2.45, 2.75) is 13.8 Å². The summed E-state index contributed by atoms with van der Waals surface area (Å²) < 4.78 is 32.2. The summed E-state index contributed by atoms with van der Waals surface area (Å²) in [6, 6.07) is 9.30. The highest BCUT2D eigenvalue weighted by Gasteiger charge is 2.23. The van der Waals surface area contributed by atoms with E-state index >= 15 is 0 Å². The molecule has 31 heavy (non-hydrogen) atoms. The lowest BCUT2D eigenvalue weighted by atomic mass is 10.1. The predicted molar refractivity (Wildman–Crippen MR) is 112 cm³/mol. The van der Waals surface area contributed by atoms with E-state index in [2.05, 4.69) is 10.6 Å². The minimum Gasteiger partial charge on any atom is -0.497 e. The summed E-state index contributed by atoms with van der Waals surface area (Å²) in [6.07, 6.45) is 0. The molecule has 166 valence electrons. The number of hydrogen-bond acceptors (Lipinski definition) is 4. The molecule has 2 rings (SSSR count). The molecule has 7 nitrogen and oxygen atoms in total. The van der Waals surface area contributed by atoms with Crippen LogP contribution in [0.4, 0.5) is 14.5 Å². The number of nitrogens with zero attached hydrogens (tertiary/aromatic N) is 1. The van der Waals surface area contributed by atoms with Crippen molar-refractivity contribution >= 4 is 23.4 Å². The molecule has 0 radical (unpaired) electrons. The first-order valence-corrected chi connectivity index (χ1v) is 9.64. The monoisotopic (exact) mass is 433 g/mol. The van der Waals surface area contributed by atoms with E-state index in [4.69, 9.17) is 4.74 Å². The Morgan fingerprint density at radius 1 is 1.03 bits per heavy atom. The van der Waals surface area contributed by atoms with Crippen LogP contribution < -0.4 is 15.4 Å². The number of rotatable bonds is 9. The Kier molecular flexibility index (Phi) is 8.48. The number of nitrogens with one attached hydrogen (secondary N) is 2. The van der Waals surface area contributed by atoms with Crippen molar-refractivity contribution < 1.29 is 27.9 Å². The number of amides is 3. The Morgan fingerprint density at radius 2 is 1.71 bits per heavy atom. The summed E-state index contributed by atoms with van der Waals surface area (Å²) >= 11 is 0. The first kappa shape index (κ1) is 23.8. The lowest BCUT2D eigenvalue weighted by Gasteiger charge is -2.24. The van der Waals surface area contributed by atoms with Crippen LogP contribution in [0.3, 0.4) is 0 Å². The number of hydrogen-bond donors (Lipinski definition) is 2. The molecule has 0 aliphatic carbocycles. The topological polar surface area (TPSA) is 87.7 Å². The molecule has 0 unspecified atom stereocenters. The third-order valence-electron chi connectivity index (χ3n) is 4.19. The van der Waals surface area contributed by atoms with E-state index < -0.39 is 29.4 Å². The van der Waals surface area contributed by atoms with Gasteiger partial charge in [-0.1, -0.05) is 13.8 Å². The Bertz CT molecular complexity index is 933. The lowest BCUT2D eigenvalue weighted by molar-refractivity contribution is -0.124. The molecule has 0 fully saturated rings. The van der Waals surface area contributed by atoms with E-state index in [9.17, 15) is 23.2 Å². The van der Waals surface area contributed by atoms with Gasteiger partial charge in [0.1, 0.15) is 17.4 Å². The Balaban J connectivity index is 1.95. The third kappa shape index (κ3) is 7.36. The average Bonchev–Trinajstić information content (AvgIpc) is 2.71. The third-order valence-corrected chi connectivity index (χ3v) is 4.19. The van der Waals surface area contributed by atoms with Crippen LogP contribution in [0.15, 0.2) is 42.5 Å². The van der Waals surface area contributed by atoms with Crippen molar-refractivity contribution in [3.63, 3.8) is 0 Å². The first-order chi connectivity index (χ1) is 14.7. The minimum absolute atomic E-state index is 0.00127. The van der Waals surface area contributed by atoms with E-state index in [1.54, 1.807) is 24.3 Å². The summed E-state index contributed by atoms with van der Waals surface area (Å²) in [5.74, 6) is -2.93. The van der Waals surface area contributed by atoms with Crippen LogP contribution in [0.1, 0.15) is 24.2 Å². The van der Waals surface area contributed by atoms with Gasteiger partial charge in [-0.3, -0.25) is 14.4 Å². The SMILES string of the molecule is COc1ccc(NC(=O)CNC(=O)CN(CC(C)C)C(=O)c2ccc(F)cc2F)cc1. The molecule has 0 heterocycles. The number of anilines is 1. The summed E-state index contributed by atoms with van der Waals surface area (Å²) in [5, 5.41) is 5.06. The van der Waals surface area contributed by atoms with Gasteiger partial charge in [0, 0.05) is 18.3 Å². The molecular weight excluding hydrogens is 408 g/mol. The standard InChI is InChI=1S/C22H25F2N3O4/c1-14(2)12-27(22(30)18-9-4-15(23)10-19(18)24)13-21(29)25-11-20(28)26-16-5-7-17(31-3)8-6-16/h4-10,14H,11-13H2,1-3H3,(H,25,29)(H,26,28). The maximum atomic E-state index is 14.0. The maximum absolute atomic E-state index is 14.0. The minimum atomic E-state index is -1.00. The van der Waals surface area contributed by atoms with Gasteiger partial charge >= 0.3 is 0 Å². The number of halogens is 2. The quantitative estimate of drug-likeness (QED) is 0.637. The largest absolute Gasteiger partial charge is 0.497 e. The predicted octanol–water partition coefficient (Wildman–Crippen LogP) is 2.83. The molecule has 2 aromatic rings. The average molecular weight is 433 g/mol. The number of carbonyl (C=O) groups is 3. The van der Waals surface area contributed by atoms with Crippen LogP contribution >= 0.6 is 0 Å². The second-order valence-electron chi connectivity index (χ2n) is 7.26. The molecule has 2 aromatic carbocycles. The summed E-state index contributed by atoms with van der Waals surface area (Å²) in [6.45, 7) is 3.17. The van der Waals surface area contributed by atoms with Gasteiger partial charge in [0.15, 0.2) is 0 Å². The summed E-state index contributed by atoms with van der Waals surface area (Å²) in [4.78, 5) is 38.2. The maximum Gasteiger partial charge on any atom is 0.257 e. The zero-order valence-corrected chi connectivity index (χ0v) is 17.6. The molecule has 3 amide bonds. The van der Waals surface area contributed by atoms with Gasteiger partial charge in [-0.05, 0) is 42.3 Å². The van der Waals surface area contributed by atoms with Gasteiger partial charge in [-0.15, -0.1) is 0 Å². The molecule has 0 saturated carbocycles. The van der Waals surface area contributed by atoms with Crippen LogP contribution in [0.25, 0.3) is 0 Å². The fourth-order valence-electron chi connectivity index (χ4n) is 2.78. The van der Waals surface area contributed by atoms with Gasteiger partial charge in [0.2, 0.25) is 11.8 Å². The van der Waals surface area contributed by atoms with Crippen molar-refractivity contribution in [2.24, 2.45) is 5.92 Å². The zero-order valence-electron chi connectivity index (χ0n) is 17.6. The van der Waals surface area contributed by atoms with Crippen molar-refractivity contribution in [3.05, 3.63) is 59.7 Å². The van der Waals surface area contributed by atoms with Gasteiger partial charge in [0.25, 0.3) is 5.91 Å². The lowest BCUT2D eigenvalue weighted by Crippen LogP contribution is -2.44. The number of benzene rings is 2. The molecule has 0 atom stereocenters. The highest BCUT2D eigenvalue weighted by molar-refractivity contribution is 5.98. The van der Waals surface area contributed by atoms with Crippen molar-refractivity contribution in [1.29, 1.82) is 0 Å². The van der Waals surface area contributed by atoms with Crippen molar-refractivity contribution in [2.75, 3.05) is 32.1 Å². The molecule has 0 saturated heterocycles. The van der Waals surface area contributed by atoms with Crippen LogP contribution in [-0.4, -0.2) is 49.4 Å². The molecule has 0 aromatic heterocycles.